The first kappa shape index (κ1) is 13.4. The van der Waals surface area contributed by atoms with Crippen LogP contribution in [-0.4, -0.2) is 25.8 Å². The van der Waals surface area contributed by atoms with Gasteiger partial charge in [-0.3, -0.25) is 0 Å². The average Bonchev–Trinajstić information content (AvgIpc) is 2.84. The second-order valence-corrected chi connectivity index (χ2v) is 4.91. The Morgan fingerprint density at radius 1 is 1.56 bits per heavy atom. The van der Waals surface area contributed by atoms with Crippen LogP contribution in [0.3, 0.4) is 0 Å². The molecule has 1 atom stereocenters. The van der Waals surface area contributed by atoms with Crippen molar-refractivity contribution in [2.24, 2.45) is 0 Å². The monoisotopic (exact) mass is 272 g/mol. The Kier molecular flexibility index (Phi) is 4.30. The van der Waals surface area contributed by atoms with Gasteiger partial charge in [0.15, 0.2) is 0 Å². The third-order valence-corrected chi connectivity index (χ3v) is 3.53. The molecule has 5 heteroatoms. The summed E-state index contributed by atoms with van der Waals surface area (Å²) in [5.74, 6) is -0.480. The molecular formula is C13H18ClFN2O. The lowest BCUT2D eigenvalue weighted by molar-refractivity contribution is 0.116. The molecule has 0 amide bonds. The molecule has 2 N–H and O–H groups in total. The zero-order chi connectivity index (χ0) is 13.1. The smallest absolute Gasteiger partial charge is 0.143 e. The number of anilines is 2. The minimum Gasteiger partial charge on any atom is -0.397 e. The first-order valence-corrected chi connectivity index (χ1v) is 6.60. The van der Waals surface area contributed by atoms with Crippen LogP contribution in [0.4, 0.5) is 15.8 Å². The molecule has 1 unspecified atom stereocenters. The fourth-order valence-corrected chi connectivity index (χ4v) is 2.42. The van der Waals surface area contributed by atoms with E-state index in [-0.39, 0.29) is 11.1 Å². The van der Waals surface area contributed by atoms with Gasteiger partial charge in [-0.05, 0) is 25.8 Å². The zero-order valence-corrected chi connectivity index (χ0v) is 11.2. The molecule has 0 aromatic heterocycles. The van der Waals surface area contributed by atoms with Crippen molar-refractivity contribution in [2.75, 3.05) is 30.3 Å². The van der Waals surface area contributed by atoms with E-state index in [1.807, 2.05) is 6.92 Å². The Morgan fingerprint density at radius 2 is 2.33 bits per heavy atom. The molecule has 1 heterocycles. The second kappa shape index (κ2) is 5.76. The van der Waals surface area contributed by atoms with Gasteiger partial charge in [-0.25, -0.2) is 4.39 Å². The highest BCUT2D eigenvalue weighted by atomic mass is 35.5. The van der Waals surface area contributed by atoms with Crippen LogP contribution in [0.5, 0.6) is 0 Å². The van der Waals surface area contributed by atoms with Crippen LogP contribution >= 0.6 is 11.6 Å². The summed E-state index contributed by atoms with van der Waals surface area (Å²) < 4.78 is 18.9. The Labute approximate surface area is 112 Å². The zero-order valence-electron chi connectivity index (χ0n) is 10.5. The van der Waals surface area contributed by atoms with Crippen LogP contribution < -0.4 is 10.6 Å². The summed E-state index contributed by atoms with van der Waals surface area (Å²) in [6, 6.07) is 2.86. The van der Waals surface area contributed by atoms with Crippen LogP contribution in [0, 0.1) is 5.82 Å². The SMILES string of the molecule is CCN(CC1CCCO1)c1cc(Cl)c(F)cc1N. The number of benzene rings is 1. The third-order valence-electron chi connectivity index (χ3n) is 3.24. The Morgan fingerprint density at radius 3 is 2.94 bits per heavy atom. The molecule has 1 aromatic carbocycles. The minimum atomic E-state index is -0.480. The number of hydrogen-bond donors (Lipinski definition) is 1. The summed E-state index contributed by atoms with van der Waals surface area (Å²) in [4.78, 5) is 2.08. The van der Waals surface area contributed by atoms with E-state index in [9.17, 15) is 4.39 Å². The van der Waals surface area contributed by atoms with E-state index in [1.54, 1.807) is 6.07 Å². The molecular weight excluding hydrogens is 255 g/mol. The largest absolute Gasteiger partial charge is 0.397 e. The summed E-state index contributed by atoms with van der Waals surface area (Å²) in [5.41, 5.74) is 7.05. The lowest BCUT2D eigenvalue weighted by Gasteiger charge is -2.27. The van der Waals surface area contributed by atoms with Crippen LogP contribution in [0.25, 0.3) is 0 Å². The first-order chi connectivity index (χ1) is 8.61. The van der Waals surface area contributed by atoms with Crippen molar-refractivity contribution < 1.29 is 9.13 Å². The van der Waals surface area contributed by atoms with E-state index >= 15 is 0 Å². The first-order valence-electron chi connectivity index (χ1n) is 6.23. The van der Waals surface area contributed by atoms with Gasteiger partial charge < -0.3 is 15.4 Å². The van der Waals surface area contributed by atoms with Gasteiger partial charge in [0.2, 0.25) is 0 Å². The maximum atomic E-state index is 13.3. The van der Waals surface area contributed by atoms with Crippen LogP contribution in [0.2, 0.25) is 5.02 Å². The number of ether oxygens (including phenoxy) is 1. The van der Waals surface area contributed by atoms with E-state index in [1.165, 1.54) is 6.07 Å². The Balaban J connectivity index is 2.18. The lowest BCUT2D eigenvalue weighted by Crippen LogP contribution is -2.32. The Hall–Kier alpha value is -1.00. The predicted molar refractivity (Wildman–Crippen MR) is 72.7 cm³/mol. The maximum absolute atomic E-state index is 13.3. The van der Waals surface area contributed by atoms with E-state index in [4.69, 9.17) is 22.1 Å². The number of nitrogen functional groups attached to an aromatic ring is 1. The van der Waals surface area contributed by atoms with Crippen molar-refractivity contribution in [1.82, 2.24) is 0 Å². The van der Waals surface area contributed by atoms with Gasteiger partial charge in [0.05, 0.1) is 22.5 Å². The van der Waals surface area contributed by atoms with E-state index in [2.05, 4.69) is 4.90 Å². The molecule has 2 rings (SSSR count). The fraction of sp³-hybridized carbons (Fsp3) is 0.538. The number of nitrogens with two attached hydrogens (primary N) is 1. The molecule has 100 valence electrons. The fourth-order valence-electron chi connectivity index (χ4n) is 2.26. The quantitative estimate of drug-likeness (QED) is 0.856. The maximum Gasteiger partial charge on any atom is 0.143 e. The number of rotatable bonds is 4. The van der Waals surface area contributed by atoms with Crippen LogP contribution in [-0.2, 0) is 4.74 Å². The van der Waals surface area contributed by atoms with Crippen molar-refractivity contribution >= 4 is 23.0 Å². The van der Waals surface area contributed by atoms with Gasteiger partial charge in [-0.15, -0.1) is 0 Å². The molecule has 0 saturated carbocycles. The summed E-state index contributed by atoms with van der Waals surface area (Å²) in [6.45, 7) is 4.40. The second-order valence-electron chi connectivity index (χ2n) is 4.50. The van der Waals surface area contributed by atoms with Crippen molar-refractivity contribution in [3.05, 3.63) is 23.0 Å². The molecule has 3 nitrogen and oxygen atoms in total. The molecule has 1 saturated heterocycles. The predicted octanol–water partition coefficient (Wildman–Crippen LogP) is 3.07. The topological polar surface area (TPSA) is 38.5 Å². The van der Waals surface area contributed by atoms with Gasteiger partial charge in [-0.2, -0.15) is 0 Å². The Bertz CT molecular complexity index is 422. The van der Waals surface area contributed by atoms with E-state index in [0.29, 0.717) is 5.69 Å². The summed E-state index contributed by atoms with van der Waals surface area (Å²) >= 11 is 5.82. The van der Waals surface area contributed by atoms with Crippen LogP contribution in [0.15, 0.2) is 12.1 Å². The number of nitrogens with zero attached hydrogens (tertiary/aromatic N) is 1. The van der Waals surface area contributed by atoms with Crippen molar-refractivity contribution in [2.45, 2.75) is 25.9 Å². The molecule has 18 heavy (non-hydrogen) atoms. The van der Waals surface area contributed by atoms with Gasteiger partial charge in [-0.1, -0.05) is 11.6 Å². The summed E-state index contributed by atoms with van der Waals surface area (Å²) in [5, 5.41) is 0.102. The molecule has 0 radical (unpaired) electrons. The lowest BCUT2D eigenvalue weighted by atomic mass is 10.2. The molecule has 0 bridgehead atoms. The number of likely N-dealkylation sites (N-methyl/N-ethyl adjacent to an activating group) is 1. The average molecular weight is 273 g/mol. The molecule has 1 fully saturated rings. The van der Waals surface area contributed by atoms with Crippen LogP contribution in [0.1, 0.15) is 19.8 Å². The number of halogens is 2. The highest BCUT2D eigenvalue weighted by Gasteiger charge is 2.20. The van der Waals surface area contributed by atoms with Gasteiger partial charge >= 0.3 is 0 Å². The molecule has 1 aliphatic rings. The van der Waals surface area contributed by atoms with Crippen molar-refractivity contribution in [1.29, 1.82) is 0 Å². The normalized spacial score (nSPS) is 19.2. The number of hydrogen-bond acceptors (Lipinski definition) is 3. The van der Waals surface area contributed by atoms with E-state index in [0.717, 1.165) is 38.2 Å². The molecule has 1 aromatic rings. The van der Waals surface area contributed by atoms with E-state index < -0.39 is 5.82 Å². The van der Waals surface area contributed by atoms with Gasteiger partial charge in [0.1, 0.15) is 5.82 Å². The van der Waals surface area contributed by atoms with Crippen molar-refractivity contribution in [3.8, 4) is 0 Å². The molecule has 1 aliphatic heterocycles. The summed E-state index contributed by atoms with van der Waals surface area (Å²) in [6.07, 6.45) is 2.39. The molecule has 0 aliphatic carbocycles. The van der Waals surface area contributed by atoms with Gasteiger partial charge in [0.25, 0.3) is 0 Å². The highest BCUT2D eigenvalue weighted by Crippen LogP contribution is 2.30. The molecule has 0 spiro atoms. The van der Waals surface area contributed by atoms with Crippen molar-refractivity contribution in [3.63, 3.8) is 0 Å². The standard InChI is InChI=1S/C13H18ClFN2O/c1-2-17(8-9-4-3-5-18-9)13-6-10(14)11(15)7-12(13)16/h6-7,9H,2-5,8,16H2,1H3. The summed E-state index contributed by atoms with van der Waals surface area (Å²) in [7, 11) is 0. The highest BCUT2D eigenvalue weighted by molar-refractivity contribution is 6.31. The minimum absolute atomic E-state index is 0.102. The third kappa shape index (κ3) is 2.87. The van der Waals surface area contributed by atoms with Gasteiger partial charge in [0, 0.05) is 25.8 Å².